The van der Waals surface area contributed by atoms with E-state index in [1.807, 2.05) is 24.3 Å². The lowest BCUT2D eigenvalue weighted by Crippen LogP contribution is -2.05. The highest BCUT2D eigenvalue weighted by molar-refractivity contribution is 6.16. The van der Waals surface area contributed by atoms with Gasteiger partial charge in [0.05, 0.1) is 13.7 Å². The molecule has 0 heterocycles. The Morgan fingerprint density at radius 3 is 2.52 bits per heavy atom. The van der Waals surface area contributed by atoms with Gasteiger partial charge in [-0.2, -0.15) is 4.99 Å². The lowest BCUT2D eigenvalue weighted by molar-refractivity contribution is 0.163. The Balaban J connectivity index is 2.98. The molecule has 1 aromatic carbocycles. The fourth-order valence-corrected chi connectivity index (χ4v) is 1.57. The van der Waals surface area contributed by atoms with Crippen LogP contribution in [-0.4, -0.2) is 25.5 Å². The highest BCUT2D eigenvalue weighted by atomic mass is 16.5. The second-order valence-electron chi connectivity index (χ2n) is 4.29. The summed E-state index contributed by atoms with van der Waals surface area (Å²) in [6, 6.07) is 7.27. The molecule has 4 nitrogen and oxygen atoms in total. The van der Waals surface area contributed by atoms with Gasteiger partial charge in [-0.3, -0.25) is 0 Å². The molecule has 0 fully saturated rings. The highest BCUT2D eigenvalue weighted by Crippen LogP contribution is 2.12. The summed E-state index contributed by atoms with van der Waals surface area (Å²) in [5.74, 6) is 6.74. The minimum Gasteiger partial charge on any atom is -0.497 e. The summed E-state index contributed by atoms with van der Waals surface area (Å²) in [6.07, 6.45) is 2.28. The van der Waals surface area contributed by atoms with E-state index in [1.165, 1.54) is 0 Å². The Hall–Kier alpha value is -2.28. The first-order valence-electron chi connectivity index (χ1n) is 7.10. The lowest BCUT2D eigenvalue weighted by atomic mass is 10.1. The Kier molecular flexibility index (Phi) is 7.67. The number of benzene rings is 1. The molecule has 21 heavy (non-hydrogen) atoms. The molecule has 0 radical (unpaired) electrons. The zero-order valence-electron chi connectivity index (χ0n) is 12.8. The minimum atomic E-state index is -0.617. The van der Waals surface area contributed by atoms with Gasteiger partial charge in [-0.15, -0.1) is 0 Å². The zero-order valence-corrected chi connectivity index (χ0v) is 12.8. The van der Waals surface area contributed by atoms with Crippen molar-refractivity contribution in [3.05, 3.63) is 29.8 Å². The van der Waals surface area contributed by atoms with Gasteiger partial charge in [0.1, 0.15) is 11.5 Å². The number of amides is 1. The summed E-state index contributed by atoms with van der Waals surface area (Å²) in [5, 5.41) is 0. The van der Waals surface area contributed by atoms with E-state index in [1.54, 1.807) is 14.0 Å². The summed E-state index contributed by atoms with van der Waals surface area (Å²) in [6.45, 7) is 4.15. The van der Waals surface area contributed by atoms with Crippen molar-refractivity contribution in [3.8, 4) is 17.6 Å². The van der Waals surface area contributed by atoms with Gasteiger partial charge in [0.2, 0.25) is 0 Å². The molecule has 0 atom stereocenters. The topological polar surface area (TPSA) is 47.9 Å². The van der Waals surface area contributed by atoms with Crippen LogP contribution in [0.4, 0.5) is 4.79 Å². The van der Waals surface area contributed by atoms with Gasteiger partial charge in [0, 0.05) is 12.0 Å². The third kappa shape index (κ3) is 6.13. The molecule has 0 saturated carbocycles. The van der Waals surface area contributed by atoms with Gasteiger partial charge in [-0.1, -0.05) is 19.3 Å². The smallest absolute Gasteiger partial charge is 0.434 e. The Morgan fingerprint density at radius 1 is 1.24 bits per heavy atom. The second-order valence-corrected chi connectivity index (χ2v) is 4.29. The van der Waals surface area contributed by atoms with Crippen molar-refractivity contribution in [2.45, 2.75) is 33.1 Å². The quantitative estimate of drug-likeness (QED) is 0.469. The van der Waals surface area contributed by atoms with Gasteiger partial charge < -0.3 is 9.47 Å². The Labute approximate surface area is 126 Å². The molecular formula is C17H21NO3. The molecule has 1 amide bonds. The molecule has 4 heteroatoms. The van der Waals surface area contributed by atoms with Crippen LogP contribution in [0.5, 0.6) is 5.75 Å². The van der Waals surface area contributed by atoms with Crippen molar-refractivity contribution in [2.24, 2.45) is 4.99 Å². The number of nitrogens with zero attached hydrogens (tertiary/aromatic N) is 1. The average Bonchev–Trinajstić information content (AvgIpc) is 2.51. The third-order valence-corrected chi connectivity index (χ3v) is 2.70. The van der Waals surface area contributed by atoms with Crippen molar-refractivity contribution < 1.29 is 14.3 Å². The third-order valence-electron chi connectivity index (χ3n) is 2.70. The van der Waals surface area contributed by atoms with Crippen molar-refractivity contribution in [3.63, 3.8) is 0 Å². The van der Waals surface area contributed by atoms with E-state index in [0.29, 0.717) is 12.3 Å². The predicted octanol–water partition coefficient (Wildman–Crippen LogP) is 3.83. The Bertz CT molecular complexity index is 535. The molecule has 0 spiro atoms. The lowest BCUT2D eigenvalue weighted by Gasteiger charge is -2.02. The number of unbranched alkanes of at least 4 members (excludes halogenated alkanes) is 2. The van der Waals surface area contributed by atoms with Crippen LogP contribution in [0.1, 0.15) is 38.7 Å². The van der Waals surface area contributed by atoms with E-state index in [4.69, 9.17) is 9.47 Å². The van der Waals surface area contributed by atoms with E-state index in [0.717, 1.165) is 30.6 Å². The van der Waals surface area contributed by atoms with Crippen molar-refractivity contribution in [1.29, 1.82) is 0 Å². The number of ether oxygens (including phenoxy) is 2. The van der Waals surface area contributed by atoms with Crippen molar-refractivity contribution in [2.75, 3.05) is 13.7 Å². The first-order valence-corrected chi connectivity index (χ1v) is 7.10. The standard InChI is InChI=1S/C17H21NO3/c1-4-6-7-8-9-16(18-17(19)21-5-2)14-10-12-15(20-3)13-11-14/h10-13H,4-7H2,1-3H3/b18-16+. The van der Waals surface area contributed by atoms with Gasteiger partial charge in [-0.05, 0) is 43.5 Å². The largest absolute Gasteiger partial charge is 0.497 e. The number of methoxy groups -OCH3 is 1. The monoisotopic (exact) mass is 287 g/mol. The number of rotatable bonds is 5. The van der Waals surface area contributed by atoms with Gasteiger partial charge in [0.25, 0.3) is 0 Å². The number of carbonyl (C=O) groups excluding carboxylic acids is 1. The van der Waals surface area contributed by atoms with E-state index in [9.17, 15) is 4.79 Å². The maximum atomic E-state index is 11.5. The van der Waals surface area contributed by atoms with Crippen LogP contribution in [0.3, 0.4) is 0 Å². The predicted molar refractivity (Wildman–Crippen MR) is 83.9 cm³/mol. The summed E-state index contributed by atoms with van der Waals surface area (Å²) in [5.41, 5.74) is 1.19. The van der Waals surface area contributed by atoms with E-state index in [-0.39, 0.29) is 0 Å². The Morgan fingerprint density at radius 2 is 1.95 bits per heavy atom. The number of aliphatic imine (C=N–C) groups is 1. The fraction of sp³-hybridized carbons (Fsp3) is 0.412. The van der Waals surface area contributed by atoms with E-state index in [2.05, 4.69) is 23.8 Å². The molecule has 0 unspecified atom stereocenters. The van der Waals surface area contributed by atoms with Gasteiger partial charge in [0.15, 0.2) is 0 Å². The molecule has 0 aliphatic rings. The SMILES string of the molecule is CCCCC#C/C(=N\C(=O)OCC)c1ccc(OC)cc1. The fourth-order valence-electron chi connectivity index (χ4n) is 1.57. The van der Waals surface area contributed by atoms with E-state index < -0.39 is 6.09 Å². The average molecular weight is 287 g/mol. The van der Waals surface area contributed by atoms with Crippen molar-refractivity contribution in [1.82, 2.24) is 0 Å². The van der Waals surface area contributed by atoms with Gasteiger partial charge in [-0.25, -0.2) is 4.79 Å². The molecule has 1 aromatic rings. The molecule has 1 rings (SSSR count). The summed E-state index contributed by atoms with van der Waals surface area (Å²) in [4.78, 5) is 15.5. The molecule has 0 saturated heterocycles. The summed E-state index contributed by atoms with van der Waals surface area (Å²) in [7, 11) is 1.60. The summed E-state index contributed by atoms with van der Waals surface area (Å²) < 4.78 is 9.96. The molecule has 0 aliphatic heterocycles. The first-order chi connectivity index (χ1) is 10.2. The number of hydrogen-bond donors (Lipinski definition) is 0. The highest BCUT2D eigenvalue weighted by Gasteiger charge is 2.05. The van der Waals surface area contributed by atoms with E-state index >= 15 is 0 Å². The maximum Gasteiger partial charge on any atom is 0.434 e. The van der Waals surface area contributed by atoms with Crippen LogP contribution in [0.15, 0.2) is 29.3 Å². The maximum absolute atomic E-state index is 11.5. The van der Waals surface area contributed by atoms with Crippen LogP contribution >= 0.6 is 0 Å². The second kappa shape index (κ2) is 9.60. The molecular weight excluding hydrogens is 266 g/mol. The van der Waals surface area contributed by atoms with Crippen LogP contribution in [0.2, 0.25) is 0 Å². The van der Waals surface area contributed by atoms with Crippen molar-refractivity contribution >= 4 is 11.8 Å². The van der Waals surface area contributed by atoms with Crippen LogP contribution in [0, 0.1) is 11.8 Å². The van der Waals surface area contributed by atoms with Gasteiger partial charge >= 0.3 is 6.09 Å². The normalized spacial score (nSPS) is 10.5. The number of carbonyl (C=O) groups is 1. The van der Waals surface area contributed by atoms with Crippen LogP contribution in [-0.2, 0) is 4.74 Å². The summed E-state index contributed by atoms with van der Waals surface area (Å²) >= 11 is 0. The minimum absolute atomic E-state index is 0.293. The molecule has 0 aliphatic carbocycles. The molecule has 0 bridgehead atoms. The molecule has 0 aromatic heterocycles. The molecule has 0 N–H and O–H groups in total. The number of hydrogen-bond acceptors (Lipinski definition) is 3. The van der Waals surface area contributed by atoms with Crippen LogP contribution < -0.4 is 4.74 Å². The first kappa shape index (κ1) is 16.8. The zero-order chi connectivity index (χ0) is 15.5. The molecule has 112 valence electrons. The van der Waals surface area contributed by atoms with Crippen LogP contribution in [0.25, 0.3) is 0 Å².